The predicted octanol–water partition coefficient (Wildman–Crippen LogP) is 5.58. The molecule has 0 saturated carbocycles. The summed E-state index contributed by atoms with van der Waals surface area (Å²) >= 11 is 6.36. The van der Waals surface area contributed by atoms with Crippen LogP contribution in [0.3, 0.4) is 0 Å². The normalized spacial score (nSPS) is 19.1. The average molecular weight is 489 g/mol. The molecule has 0 N–H and O–H groups in total. The largest absolute Gasteiger partial charge is 0.494 e. The number of amides is 3. The van der Waals surface area contributed by atoms with Crippen LogP contribution >= 0.6 is 11.6 Å². The average Bonchev–Trinajstić information content (AvgIpc) is 3.11. The second kappa shape index (κ2) is 9.19. The van der Waals surface area contributed by atoms with Crippen LogP contribution in [0, 0.1) is 6.92 Å². The topological polar surface area (TPSA) is 66.9 Å². The van der Waals surface area contributed by atoms with Gasteiger partial charge in [0.2, 0.25) is 0 Å². The minimum atomic E-state index is -0.950. The number of anilines is 1. The summed E-state index contributed by atoms with van der Waals surface area (Å²) in [5, 5.41) is 0.540. The lowest BCUT2D eigenvalue weighted by molar-refractivity contribution is -0.130. The van der Waals surface area contributed by atoms with Crippen molar-refractivity contribution in [2.75, 3.05) is 11.5 Å². The van der Waals surface area contributed by atoms with Gasteiger partial charge in [-0.3, -0.25) is 19.3 Å². The van der Waals surface area contributed by atoms with Crippen LogP contribution in [0.5, 0.6) is 5.75 Å². The molecule has 3 aromatic rings. The van der Waals surface area contributed by atoms with Crippen molar-refractivity contribution in [2.45, 2.75) is 38.8 Å². The first-order chi connectivity index (χ1) is 16.9. The summed E-state index contributed by atoms with van der Waals surface area (Å²) in [7, 11) is 0. The van der Waals surface area contributed by atoms with Crippen molar-refractivity contribution in [1.82, 2.24) is 4.90 Å². The third-order valence-corrected chi connectivity index (χ3v) is 7.00. The van der Waals surface area contributed by atoms with Gasteiger partial charge in [0, 0.05) is 10.7 Å². The Kier molecular flexibility index (Phi) is 6.07. The van der Waals surface area contributed by atoms with Crippen molar-refractivity contribution in [3.05, 3.63) is 94.0 Å². The van der Waals surface area contributed by atoms with Crippen LogP contribution < -0.4 is 9.64 Å². The van der Waals surface area contributed by atoms with Gasteiger partial charge in [0.1, 0.15) is 11.8 Å². The van der Waals surface area contributed by atoms with E-state index >= 15 is 0 Å². The quantitative estimate of drug-likeness (QED) is 0.247. The van der Waals surface area contributed by atoms with Crippen LogP contribution in [0.15, 0.2) is 66.7 Å². The van der Waals surface area contributed by atoms with E-state index in [-0.39, 0.29) is 5.91 Å². The lowest BCUT2D eigenvalue weighted by Crippen LogP contribution is -2.67. The Morgan fingerprint density at radius 1 is 0.857 bits per heavy atom. The fourth-order valence-electron chi connectivity index (χ4n) is 4.63. The van der Waals surface area contributed by atoms with Crippen molar-refractivity contribution in [1.29, 1.82) is 0 Å². The van der Waals surface area contributed by atoms with Gasteiger partial charge in [-0.1, -0.05) is 55.3 Å². The number of fused-ring (bicyclic) bond motifs is 1. The third-order valence-electron chi connectivity index (χ3n) is 6.59. The molecule has 2 atom stereocenters. The molecule has 2 aliphatic rings. The molecule has 1 saturated heterocycles. The predicted molar refractivity (Wildman–Crippen MR) is 134 cm³/mol. The molecule has 0 unspecified atom stereocenters. The summed E-state index contributed by atoms with van der Waals surface area (Å²) in [6.07, 6.45) is 2.00. The van der Waals surface area contributed by atoms with E-state index in [0.29, 0.717) is 28.4 Å². The van der Waals surface area contributed by atoms with E-state index in [0.717, 1.165) is 34.6 Å². The van der Waals surface area contributed by atoms with Crippen LogP contribution in [-0.4, -0.2) is 35.3 Å². The van der Waals surface area contributed by atoms with E-state index in [4.69, 9.17) is 16.3 Å². The Morgan fingerprint density at radius 2 is 1.51 bits per heavy atom. The minimum absolute atomic E-state index is 0.320. The first-order valence-corrected chi connectivity index (χ1v) is 12.1. The number of imide groups is 1. The molecule has 0 spiro atoms. The van der Waals surface area contributed by atoms with Gasteiger partial charge in [-0.05, 0) is 60.9 Å². The summed E-state index contributed by atoms with van der Waals surface area (Å²) in [5.74, 6) is -0.493. The molecular weight excluding hydrogens is 464 g/mol. The number of carbonyl (C=O) groups excluding carboxylic acids is 3. The van der Waals surface area contributed by atoms with Crippen molar-refractivity contribution >= 4 is 35.0 Å². The molecule has 6 nitrogen and oxygen atoms in total. The molecule has 0 radical (unpaired) electrons. The molecular formula is C28H25ClN2O4. The number of hydrogen-bond donors (Lipinski definition) is 0. The van der Waals surface area contributed by atoms with Gasteiger partial charge in [0.05, 0.1) is 23.8 Å². The second-order valence-corrected chi connectivity index (χ2v) is 9.24. The monoisotopic (exact) mass is 488 g/mol. The highest BCUT2D eigenvalue weighted by atomic mass is 35.5. The molecule has 0 bridgehead atoms. The molecule has 3 amide bonds. The Bertz CT molecular complexity index is 1290. The van der Waals surface area contributed by atoms with Gasteiger partial charge in [-0.2, -0.15) is 0 Å². The second-order valence-electron chi connectivity index (χ2n) is 8.83. The summed E-state index contributed by atoms with van der Waals surface area (Å²) < 4.78 is 5.78. The van der Waals surface area contributed by atoms with Crippen LogP contribution in [0.1, 0.15) is 57.7 Å². The van der Waals surface area contributed by atoms with Gasteiger partial charge in [-0.15, -0.1) is 0 Å². The lowest BCUT2D eigenvalue weighted by atomic mass is 9.86. The Morgan fingerprint density at radius 3 is 2.11 bits per heavy atom. The first kappa shape index (κ1) is 23.1. The number of carbonyl (C=O) groups is 3. The van der Waals surface area contributed by atoms with E-state index in [1.165, 1.54) is 0 Å². The number of rotatable bonds is 7. The van der Waals surface area contributed by atoms with Crippen LogP contribution in [0.2, 0.25) is 5.02 Å². The molecule has 3 aromatic carbocycles. The molecule has 0 aromatic heterocycles. The van der Waals surface area contributed by atoms with Crippen LogP contribution in [-0.2, 0) is 4.79 Å². The van der Waals surface area contributed by atoms with Gasteiger partial charge in [0.15, 0.2) is 0 Å². The molecule has 178 valence electrons. The number of benzene rings is 3. The van der Waals surface area contributed by atoms with E-state index in [1.54, 1.807) is 35.2 Å². The maximum absolute atomic E-state index is 13.5. The highest BCUT2D eigenvalue weighted by Crippen LogP contribution is 2.45. The molecule has 5 rings (SSSR count). The van der Waals surface area contributed by atoms with Crippen LogP contribution in [0.4, 0.5) is 5.69 Å². The zero-order valence-electron chi connectivity index (χ0n) is 19.5. The summed E-state index contributed by atoms with van der Waals surface area (Å²) in [5.41, 5.74) is 2.95. The molecule has 1 fully saturated rings. The molecule has 35 heavy (non-hydrogen) atoms. The fourth-order valence-corrected chi connectivity index (χ4v) is 4.81. The number of ether oxygens (including phenoxy) is 1. The fraction of sp³-hybridized carbons (Fsp3) is 0.250. The Hall–Kier alpha value is -3.64. The first-order valence-electron chi connectivity index (χ1n) is 11.7. The number of hydrogen-bond acceptors (Lipinski definition) is 4. The lowest BCUT2D eigenvalue weighted by Gasteiger charge is -2.49. The zero-order valence-corrected chi connectivity index (χ0v) is 20.3. The van der Waals surface area contributed by atoms with Crippen molar-refractivity contribution in [3.63, 3.8) is 0 Å². The SMILES string of the molecule is CCCCOc1ccc([C@H]2[C@H](N3C(=O)c4ccccc4C3=O)C(=O)N2c2ccc(C)c(Cl)c2)cc1. The third kappa shape index (κ3) is 3.88. The van der Waals surface area contributed by atoms with E-state index < -0.39 is 23.9 Å². The number of aryl methyl sites for hydroxylation is 1. The van der Waals surface area contributed by atoms with E-state index in [9.17, 15) is 14.4 Å². The Labute approximate surface area is 209 Å². The van der Waals surface area contributed by atoms with Crippen molar-refractivity contribution < 1.29 is 19.1 Å². The molecule has 2 heterocycles. The van der Waals surface area contributed by atoms with E-state index in [2.05, 4.69) is 6.92 Å². The van der Waals surface area contributed by atoms with Crippen molar-refractivity contribution in [3.8, 4) is 5.75 Å². The smallest absolute Gasteiger partial charge is 0.262 e. The number of nitrogens with zero attached hydrogens (tertiary/aromatic N) is 2. The number of β-lactam (4-membered cyclic amide) rings is 1. The minimum Gasteiger partial charge on any atom is -0.494 e. The van der Waals surface area contributed by atoms with Crippen LogP contribution in [0.25, 0.3) is 0 Å². The maximum Gasteiger partial charge on any atom is 0.262 e. The van der Waals surface area contributed by atoms with E-state index in [1.807, 2.05) is 43.3 Å². The van der Waals surface area contributed by atoms with Gasteiger partial charge in [-0.25, -0.2) is 0 Å². The maximum atomic E-state index is 13.5. The standard InChI is InChI=1S/C28H25ClN2O4/c1-3-4-15-35-20-13-10-18(11-14-20)24-25(28(34)30(24)19-12-9-17(2)23(29)16-19)31-26(32)21-7-5-6-8-22(21)27(31)33/h5-14,16,24-25H,3-4,15H2,1-2H3/t24-,25-/m0/s1. The van der Waals surface area contributed by atoms with Crippen molar-refractivity contribution in [2.24, 2.45) is 0 Å². The number of unbranched alkanes of at least 4 members (excludes halogenated alkanes) is 1. The Balaban J connectivity index is 1.52. The van der Waals surface area contributed by atoms with Gasteiger partial charge < -0.3 is 9.64 Å². The highest BCUT2D eigenvalue weighted by molar-refractivity contribution is 6.32. The van der Waals surface area contributed by atoms with Gasteiger partial charge >= 0.3 is 0 Å². The summed E-state index contributed by atoms with van der Waals surface area (Å²) in [6, 6.07) is 18.1. The highest BCUT2D eigenvalue weighted by Gasteiger charge is 2.57. The molecule has 7 heteroatoms. The number of halogens is 1. The summed E-state index contributed by atoms with van der Waals surface area (Å²) in [6.45, 7) is 4.62. The van der Waals surface area contributed by atoms with Gasteiger partial charge in [0.25, 0.3) is 17.7 Å². The zero-order chi connectivity index (χ0) is 24.7. The molecule has 0 aliphatic carbocycles. The molecule has 2 aliphatic heterocycles. The summed E-state index contributed by atoms with van der Waals surface area (Å²) in [4.78, 5) is 42.6.